The zero-order chi connectivity index (χ0) is 15.8. The number of anilines is 2. The van der Waals surface area contributed by atoms with Crippen molar-refractivity contribution in [1.29, 1.82) is 0 Å². The minimum absolute atomic E-state index is 0.0237. The predicted molar refractivity (Wildman–Crippen MR) is 85.8 cm³/mol. The summed E-state index contributed by atoms with van der Waals surface area (Å²) in [5.74, 6) is 1.18. The first-order chi connectivity index (χ1) is 10.0. The van der Waals surface area contributed by atoms with E-state index in [0.717, 1.165) is 25.2 Å². The first-order valence-corrected chi connectivity index (χ1v) is 7.57. The molecule has 0 atom stereocenters. The number of ether oxygens (including phenoxy) is 2. The number of nitrogens with zero attached hydrogens (tertiary/aromatic N) is 3. The second-order valence-corrected chi connectivity index (χ2v) is 5.24. The number of rotatable bonds is 9. The van der Waals surface area contributed by atoms with Gasteiger partial charge in [-0.3, -0.25) is 0 Å². The summed E-state index contributed by atoms with van der Waals surface area (Å²) in [6.45, 7) is 9.59. The molecule has 1 aromatic rings. The summed E-state index contributed by atoms with van der Waals surface area (Å²) in [5.41, 5.74) is 6.71. The maximum Gasteiger partial charge on any atom is 0.242 e. The average molecular weight is 296 g/mol. The van der Waals surface area contributed by atoms with Crippen LogP contribution >= 0.6 is 0 Å². The van der Waals surface area contributed by atoms with Gasteiger partial charge in [-0.05, 0) is 26.7 Å². The number of hydrogen-bond acceptors (Lipinski definition) is 6. The molecule has 0 aromatic carbocycles. The first-order valence-electron chi connectivity index (χ1n) is 7.57. The average Bonchev–Trinajstić information content (AvgIpc) is 2.46. The molecular formula is C15H28N4O2. The van der Waals surface area contributed by atoms with E-state index < -0.39 is 0 Å². The van der Waals surface area contributed by atoms with E-state index in [1.165, 1.54) is 6.33 Å². The third-order valence-electron chi connectivity index (χ3n) is 3.37. The minimum atomic E-state index is 0.0237. The Morgan fingerprint density at radius 2 is 1.90 bits per heavy atom. The number of nitrogens with two attached hydrogens (primary N) is 1. The lowest BCUT2D eigenvalue weighted by Gasteiger charge is -2.32. The molecule has 0 radical (unpaired) electrons. The van der Waals surface area contributed by atoms with Crippen molar-refractivity contribution < 1.29 is 9.47 Å². The zero-order valence-corrected chi connectivity index (χ0v) is 13.8. The molecule has 0 unspecified atom stereocenters. The van der Waals surface area contributed by atoms with Gasteiger partial charge in [0.1, 0.15) is 12.0 Å². The van der Waals surface area contributed by atoms with Crippen molar-refractivity contribution in [3.05, 3.63) is 6.33 Å². The van der Waals surface area contributed by atoms with Crippen molar-refractivity contribution in [1.82, 2.24) is 9.97 Å². The Labute approximate surface area is 127 Å². The molecule has 0 fully saturated rings. The highest BCUT2D eigenvalue weighted by Crippen LogP contribution is 2.30. The fraction of sp³-hybridized carbons (Fsp3) is 0.733. The summed E-state index contributed by atoms with van der Waals surface area (Å²) in [4.78, 5) is 10.7. The Kier molecular flexibility index (Phi) is 7.22. The smallest absolute Gasteiger partial charge is 0.242 e. The quantitative estimate of drug-likeness (QED) is 0.754. The number of methoxy groups -OCH3 is 1. The molecule has 0 saturated heterocycles. The molecule has 2 N–H and O–H groups in total. The van der Waals surface area contributed by atoms with E-state index in [9.17, 15) is 0 Å². The Balaban J connectivity index is 3.11. The van der Waals surface area contributed by atoms with Gasteiger partial charge in [0.2, 0.25) is 5.88 Å². The van der Waals surface area contributed by atoms with Crippen LogP contribution in [0.2, 0.25) is 0 Å². The van der Waals surface area contributed by atoms with E-state index >= 15 is 0 Å². The van der Waals surface area contributed by atoms with Crippen LogP contribution in [0.4, 0.5) is 11.5 Å². The second kappa shape index (κ2) is 8.67. The van der Waals surface area contributed by atoms with Crippen LogP contribution in [0.5, 0.6) is 5.88 Å². The summed E-state index contributed by atoms with van der Waals surface area (Å²) < 4.78 is 10.9. The Bertz CT molecular complexity index is 422. The Hall–Kier alpha value is -1.56. The molecule has 0 bridgehead atoms. The van der Waals surface area contributed by atoms with Crippen LogP contribution in [0.15, 0.2) is 6.33 Å². The lowest BCUT2D eigenvalue weighted by molar-refractivity contribution is 0.202. The molecule has 21 heavy (non-hydrogen) atoms. The maximum atomic E-state index is 6.22. The van der Waals surface area contributed by atoms with Crippen LogP contribution in [-0.2, 0) is 4.74 Å². The summed E-state index contributed by atoms with van der Waals surface area (Å²) in [5, 5.41) is 0. The highest BCUT2D eigenvalue weighted by Gasteiger charge is 2.21. The van der Waals surface area contributed by atoms with Gasteiger partial charge in [-0.25, -0.2) is 4.98 Å². The molecule has 0 amide bonds. The molecule has 0 aliphatic heterocycles. The molecule has 0 aliphatic carbocycles. The third-order valence-corrected chi connectivity index (χ3v) is 3.37. The highest BCUT2D eigenvalue weighted by atomic mass is 16.5. The van der Waals surface area contributed by atoms with Crippen molar-refractivity contribution in [2.24, 2.45) is 0 Å². The lowest BCUT2D eigenvalue weighted by Crippen LogP contribution is -2.38. The van der Waals surface area contributed by atoms with Crippen molar-refractivity contribution in [3.63, 3.8) is 0 Å². The summed E-state index contributed by atoms with van der Waals surface area (Å²) in [6.07, 6.45) is 3.57. The van der Waals surface area contributed by atoms with E-state index in [1.54, 1.807) is 7.11 Å². The Morgan fingerprint density at radius 3 is 2.43 bits per heavy atom. The predicted octanol–water partition coefficient (Wildman–Crippen LogP) is 2.49. The van der Waals surface area contributed by atoms with Crippen LogP contribution in [-0.4, -0.2) is 42.4 Å². The molecule has 1 rings (SSSR count). The molecule has 6 heteroatoms. The largest absolute Gasteiger partial charge is 0.473 e. The minimum Gasteiger partial charge on any atom is -0.473 e. The second-order valence-electron chi connectivity index (χ2n) is 5.24. The van der Waals surface area contributed by atoms with E-state index in [-0.39, 0.29) is 6.10 Å². The van der Waals surface area contributed by atoms with Crippen molar-refractivity contribution in [2.75, 3.05) is 30.9 Å². The van der Waals surface area contributed by atoms with E-state index in [0.29, 0.717) is 24.2 Å². The molecule has 0 aliphatic rings. The highest BCUT2D eigenvalue weighted by molar-refractivity contribution is 5.68. The third kappa shape index (κ3) is 4.74. The normalized spacial score (nSPS) is 11.2. The maximum absolute atomic E-state index is 6.22. The van der Waals surface area contributed by atoms with Crippen molar-refractivity contribution in [3.8, 4) is 5.88 Å². The van der Waals surface area contributed by atoms with Crippen LogP contribution in [0.25, 0.3) is 0 Å². The summed E-state index contributed by atoms with van der Waals surface area (Å²) in [6, 6.07) is 0.365. The van der Waals surface area contributed by atoms with E-state index in [2.05, 4.69) is 28.7 Å². The molecule has 0 spiro atoms. The molecule has 1 heterocycles. The lowest BCUT2D eigenvalue weighted by atomic mass is 10.1. The van der Waals surface area contributed by atoms with Gasteiger partial charge in [-0.1, -0.05) is 13.8 Å². The fourth-order valence-electron chi connectivity index (χ4n) is 2.30. The monoisotopic (exact) mass is 296 g/mol. The topological polar surface area (TPSA) is 73.5 Å². The van der Waals surface area contributed by atoms with Crippen LogP contribution in [0.1, 0.15) is 40.5 Å². The molecule has 120 valence electrons. The SMILES string of the molecule is CCC(CC)N(CCOC)c1ncnc(OC(C)C)c1N. The van der Waals surface area contributed by atoms with Gasteiger partial charge >= 0.3 is 0 Å². The first kappa shape index (κ1) is 17.5. The molecular weight excluding hydrogens is 268 g/mol. The number of hydrogen-bond donors (Lipinski definition) is 1. The van der Waals surface area contributed by atoms with Gasteiger partial charge < -0.3 is 20.1 Å². The Morgan fingerprint density at radius 1 is 1.24 bits per heavy atom. The van der Waals surface area contributed by atoms with Gasteiger partial charge in [0.05, 0.1) is 12.7 Å². The standard InChI is InChI=1S/C15H28N4O2/c1-6-12(7-2)19(8-9-20-5)14-13(16)15(18-10-17-14)21-11(3)4/h10-12H,6-9,16H2,1-5H3. The molecule has 6 nitrogen and oxygen atoms in total. The fourth-order valence-corrected chi connectivity index (χ4v) is 2.30. The number of aromatic nitrogens is 2. The van der Waals surface area contributed by atoms with Crippen molar-refractivity contribution >= 4 is 11.5 Å². The van der Waals surface area contributed by atoms with Gasteiger partial charge in [0, 0.05) is 19.7 Å². The molecule has 1 aromatic heterocycles. The molecule has 0 saturated carbocycles. The van der Waals surface area contributed by atoms with Crippen LogP contribution in [0.3, 0.4) is 0 Å². The van der Waals surface area contributed by atoms with E-state index in [1.807, 2.05) is 13.8 Å². The summed E-state index contributed by atoms with van der Waals surface area (Å²) >= 11 is 0. The van der Waals surface area contributed by atoms with E-state index in [4.69, 9.17) is 15.2 Å². The van der Waals surface area contributed by atoms with Gasteiger partial charge in [0.25, 0.3) is 0 Å². The van der Waals surface area contributed by atoms with Crippen LogP contribution < -0.4 is 15.4 Å². The zero-order valence-electron chi connectivity index (χ0n) is 13.8. The van der Waals surface area contributed by atoms with Gasteiger partial charge in [-0.15, -0.1) is 0 Å². The summed E-state index contributed by atoms with van der Waals surface area (Å²) in [7, 11) is 1.70. The van der Waals surface area contributed by atoms with Gasteiger partial charge in [-0.2, -0.15) is 4.98 Å². The number of nitrogen functional groups attached to an aromatic ring is 1. The van der Waals surface area contributed by atoms with Crippen molar-refractivity contribution in [2.45, 2.75) is 52.7 Å². The van der Waals surface area contributed by atoms with Crippen LogP contribution in [0, 0.1) is 0 Å². The van der Waals surface area contributed by atoms with Gasteiger partial charge in [0.15, 0.2) is 5.82 Å².